The molecule has 2 rings (SSSR count). The van der Waals surface area contributed by atoms with Crippen LogP contribution in [-0.2, 0) is 16.1 Å². The Hall–Kier alpha value is -1.61. The lowest BCUT2D eigenvalue weighted by Crippen LogP contribution is -2.40. The minimum Gasteiger partial charge on any atom is -0.368 e. The second-order valence-electron chi connectivity index (χ2n) is 5.78. The first-order valence-corrected chi connectivity index (χ1v) is 7.70. The van der Waals surface area contributed by atoms with Crippen LogP contribution in [0.1, 0.15) is 37.3 Å². The molecular weight excluding hydrogens is 262 g/mol. The molecular formula is C18H25NO2. The van der Waals surface area contributed by atoms with E-state index in [0.717, 1.165) is 19.3 Å². The Morgan fingerprint density at radius 1 is 1.52 bits per heavy atom. The summed E-state index contributed by atoms with van der Waals surface area (Å²) in [7, 11) is 0. The van der Waals surface area contributed by atoms with Gasteiger partial charge in [-0.25, -0.2) is 0 Å². The van der Waals surface area contributed by atoms with E-state index in [1.165, 1.54) is 11.1 Å². The predicted molar refractivity (Wildman–Crippen MR) is 85.0 cm³/mol. The lowest BCUT2D eigenvalue weighted by atomic mass is 10.1. The molecule has 3 nitrogen and oxygen atoms in total. The second-order valence-corrected chi connectivity index (χ2v) is 5.78. The fraction of sp³-hybridized carbons (Fsp3) is 0.500. The van der Waals surface area contributed by atoms with Crippen LogP contribution in [0.25, 0.3) is 0 Å². The fourth-order valence-electron chi connectivity index (χ4n) is 2.41. The smallest absolute Gasteiger partial charge is 0.251 e. The summed E-state index contributed by atoms with van der Waals surface area (Å²) < 4.78 is 5.60. The Bertz CT molecular complexity index is 494. The van der Waals surface area contributed by atoms with Gasteiger partial charge in [-0.2, -0.15) is 0 Å². The van der Waals surface area contributed by atoms with Crippen LogP contribution in [-0.4, -0.2) is 29.6 Å². The van der Waals surface area contributed by atoms with Crippen molar-refractivity contribution in [2.75, 3.05) is 6.61 Å². The zero-order valence-corrected chi connectivity index (χ0v) is 13.0. The highest BCUT2D eigenvalue weighted by molar-refractivity contribution is 5.81. The highest BCUT2D eigenvalue weighted by Crippen LogP contribution is 2.29. The van der Waals surface area contributed by atoms with Crippen LogP contribution in [0.5, 0.6) is 0 Å². The minimum atomic E-state index is -0.379. The number of amides is 1. The molecule has 0 aromatic heterocycles. The van der Waals surface area contributed by atoms with Gasteiger partial charge in [-0.05, 0) is 38.7 Å². The van der Waals surface area contributed by atoms with Crippen LogP contribution in [0.2, 0.25) is 0 Å². The minimum absolute atomic E-state index is 0.100. The molecule has 1 unspecified atom stereocenters. The van der Waals surface area contributed by atoms with Gasteiger partial charge in [-0.1, -0.05) is 35.9 Å². The largest absolute Gasteiger partial charge is 0.368 e. The van der Waals surface area contributed by atoms with E-state index in [2.05, 4.69) is 31.7 Å². The molecule has 1 aromatic rings. The zero-order chi connectivity index (χ0) is 15.2. The number of rotatable bonds is 8. The third-order valence-corrected chi connectivity index (χ3v) is 3.74. The van der Waals surface area contributed by atoms with E-state index in [1.54, 1.807) is 0 Å². The number of hydrogen-bond acceptors (Lipinski definition) is 2. The number of ether oxygens (including phenoxy) is 1. The molecule has 0 radical (unpaired) electrons. The molecule has 3 heteroatoms. The maximum absolute atomic E-state index is 12.6. The molecule has 1 aliphatic rings. The van der Waals surface area contributed by atoms with E-state index in [-0.39, 0.29) is 12.0 Å². The molecule has 1 atom stereocenters. The van der Waals surface area contributed by atoms with Crippen molar-refractivity contribution in [3.8, 4) is 0 Å². The van der Waals surface area contributed by atoms with Crippen LogP contribution in [0, 0.1) is 6.92 Å². The van der Waals surface area contributed by atoms with Gasteiger partial charge < -0.3 is 9.64 Å². The fourth-order valence-corrected chi connectivity index (χ4v) is 2.41. The number of carbonyl (C=O) groups is 1. The monoisotopic (exact) mass is 287 g/mol. The van der Waals surface area contributed by atoms with Crippen LogP contribution >= 0.6 is 0 Å². The summed E-state index contributed by atoms with van der Waals surface area (Å²) in [6, 6.07) is 8.74. The number of hydrogen-bond donors (Lipinski definition) is 0. The zero-order valence-electron chi connectivity index (χ0n) is 13.0. The first kappa shape index (κ1) is 15.8. The molecule has 1 fully saturated rings. The number of nitrogens with zero attached hydrogens (tertiary/aromatic N) is 1. The van der Waals surface area contributed by atoms with Crippen LogP contribution in [0.4, 0.5) is 0 Å². The third kappa shape index (κ3) is 4.71. The number of benzene rings is 1. The highest BCUT2D eigenvalue weighted by Gasteiger charge is 2.34. The van der Waals surface area contributed by atoms with Crippen LogP contribution in [0.15, 0.2) is 36.9 Å². The first-order valence-electron chi connectivity index (χ1n) is 7.70. The second kappa shape index (κ2) is 7.41. The summed E-state index contributed by atoms with van der Waals surface area (Å²) in [6.07, 6.45) is 4.42. The topological polar surface area (TPSA) is 29.5 Å². The van der Waals surface area contributed by atoms with Crippen molar-refractivity contribution in [1.82, 2.24) is 4.90 Å². The standard InChI is InChI=1S/C18H25NO2/c1-4-5-11-21-15(3)18(20)19(17-9-10-17)13-16-8-6-7-14(2)12-16/h4,6-8,12,15,17H,1,5,9-11,13H2,2-3H3. The molecule has 1 aliphatic carbocycles. The molecule has 0 N–H and O–H groups in total. The van der Waals surface area contributed by atoms with Gasteiger partial charge in [0, 0.05) is 12.6 Å². The van der Waals surface area contributed by atoms with Gasteiger partial charge in [0.25, 0.3) is 5.91 Å². The summed E-state index contributed by atoms with van der Waals surface area (Å²) in [4.78, 5) is 14.6. The molecule has 114 valence electrons. The van der Waals surface area contributed by atoms with Gasteiger partial charge in [0.05, 0.1) is 6.61 Å². The molecule has 0 heterocycles. The SMILES string of the molecule is C=CCCOC(C)C(=O)N(Cc1cccc(C)c1)C1CC1. The van der Waals surface area contributed by atoms with Crippen molar-refractivity contribution in [2.45, 2.75) is 51.8 Å². The van der Waals surface area contributed by atoms with Crippen molar-refractivity contribution >= 4 is 5.91 Å². The molecule has 0 spiro atoms. The van der Waals surface area contributed by atoms with Gasteiger partial charge in [0.1, 0.15) is 6.10 Å². The Labute approximate surface area is 127 Å². The summed E-state index contributed by atoms with van der Waals surface area (Å²) in [5.41, 5.74) is 2.42. The Morgan fingerprint density at radius 2 is 2.29 bits per heavy atom. The maximum Gasteiger partial charge on any atom is 0.251 e. The third-order valence-electron chi connectivity index (χ3n) is 3.74. The predicted octanol–water partition coefficient (Wildman–Crippen LogP) is 3.47. The number of carbonyl (C=O) groups excluding carboxylic acids is 1. The summed E-state index contributed by atoms with van der Waals surface area (Å²) >= 11 is 0. The van der Waals surface area contributed by atoms with E-state index >= 15 is 0 Å². The van der Waals surface area contributed by atoms with Gasteiger partial charge in [-0.3, -0.25) is 4.79 Å². The van der Waals surface area contributed by atoms with Crippen LogP contribution in [0.3, 0.4) is 0 Å². The number of aryl methyl sites for hydroxylation is 1. The average molecular weight is 287 g/mol. The molecule has 0 saturated heterocycles. The van der Waals surface area contributed by atoms with Gasteiger partial charge in [-0.15, -0.1) is 6.58 Å². The van der Waals surface area contributed by atoms with Crippen molar-refractivity contribution in [3.63, 3.8) is 0 Å². The normalized spacial score (nSPS) is 15.5. The molecule has 0 bridgehead atoms. The highest BCUT2D eigenvalue weighted by atomic mass is 16.5. The van der Waals surface area contributed by atoms with E-state index in [0.29, 0.717) is 19.2 Å². The molecule has 1 amide bonds. The summed E-state index contributed by atoms with van der Waals surface area (Å²) in [6.45, 7) is 8.82. The first-order chi connectivity index (χ1) is 10.1. The van der Waals surface area contributed by atoms with E-state index in [1.807, 2.05) is 24.0 Å². The van der Waals surface area contributed by atoms with Crippen LogP contribution < -0.4 is 0 Å². The maximum atomic E-state index is 12.6. The Balaban J connectivity index is 1.98. The van der Waals surface area contributed by atoms with Crippen molar-refractivity contribution in [2.24, 2.45) is 0 Å². The molecule has 1 aromatic carbocycles. The van der Waals surface area contributed by atoms with Crippen molar-refractivity contribution < 1.29 is 9.53 Å². The lowest BCUT2D eigenvalue weighted by molar-refractivity contribution is -0.143. The molecule has 1 saturated carbocycles. The molecule has 0 aliphatic heterocycles. The quantitative estimate of drug-likeness (QED) is 0.541. The van der Waals surface area contributed by atoms with Gasteiger partial charge >= 0.3 is 0 Å². The van der Waals surface area contributed by atoms with E-state index in [9.17, 15) is 4.79 Å². The van der Waals surface area contributed by atoms with Gasteiger partial charge in [0.2, 0.25) is 0 Å². The molecule has 21 heavy (non-hydrogen) atoms. The summed E-state index contributed by atoms with van der Waals surface area (Å²) in [5.74, 6) is 0.100. The van der Waals surface area contributed by atoms with E-state index in [4.69, 9.17) is 4.74 Å². The van der Waals surface area contributed by atoms with Crippen molar-refractivity contribution in [3.05, 3.63) is 48.0 Å². The lowest BCUT2D eigenvalue weighted by Gasteiger charge is -2.26. The Kier molecular flexibility index (Phi) is 5.57. The van der Waals surface area contributed by atoms with Crippen molar-refractivity contribution in [1.29, 1.82) is 0 Å². The average Bonchev–Trinajstić information content (AvgIpc) is 3.29. The van der Waals surface area contributed by atoms with E-state index < -0.39 is 0 Å². The van der Waals surface area contributed by atoms with Gasteiger partial charge in [0.15, 0.2) is 0 Å². The summed E-state index contributed by atoms with van der Waals surface area (Å²) in [5, 5.41) is 0. The Morgan fingerprint density at radius 3 is 2.90 bits per heavy atom.